The van der Waals surface area contributed by atoms with Gasteiger partial charge in [-0.15, -0.1) is 0 Å². The van der Waals surface area contributed by atoms with Crippen LogP contribution in [0.4, 0.5) is 4.79 Å². The van der Waals surface area contributed by atoms with Crippen LogP contribution >= 0.6 is 0 Å². The van der Waals surface area contributed by atoms with Gasteiger partial charge in [0.05, 0.1) is 6.54 Å². The Hall–Kier alpha value is -1.88. The number of benzene rings is 1. The van der Waals surface area contributed by atoms with Crippen LogP contribution in [-0.2, 0) is 11.2 Å². The van der Waals surface area contributed by atoms with Gasteiger partial charge in [0.15, 0.2) is 0 Å². The number of imide groups is 1. The highest BCUT2D eigenvalue weighted by Crippen LogP contribution is 2.22. The summed E-state index contributed by atoms with van der Waals surface area (Å²) >= 11 is 0. The molecule has 0 saturated heterocycles. The van der Waals surface area contributed by atoms with E-state index >= 15 is 0 Å². The Balaban J connectivity index is 1.82. The van der Waals surface area contributed by atoms with Gasteiger partial charge >= 0.3 is 6.03 Å². The first-order valence-electron chi connectivity index (χ1n) is 9.42. The van der Waals surface area contributed by atoms with Crippen LogP contribution in [0.3, 0.4) is 0 Å². The molecule has 1 aromatic carbocycles. The van der Waals surface area contributed by atoms with E-state index in [9.17, 15) is 9.59 Å². The largest absolute Gasteiger partial charge is 0.335 e. The Kier molecular flexibility index (Phi) is 7.44. The molecule has 1 atom stereocenters. The van der Waals surface area contributed by atoms with Crippen LogP contribution in [-0.4, -0.2) is 24.5 Å². The van der Waals surface area contributed by atoms with Gasteiger partial charge in [-0.1, -0.05) is 57.9 Å². The third-order valence-corrected chi connectivity index (χ3v) is 4.84. The molecule has 1 saturated carbocycles. The quantitative estimate of drug-likeness (QED) is 0.710. The second-order valence-corrected chi connectivity index (χ2v) is 7.20. The lowest BCUT2D eigenvalue weighted by Crippen LogP contribution is -2.46. The van der Waals surface area contributed by atoms with Gasteiger partial charge < -0.3 is 10.6 Å². The second-order valence-electron chi connectivity index (χ2n) is 7.20. The summed E-state index contributed by atoms with van der Waals surface area (Å²) in [7, 11) is 0. The average Bonchev–Trinajstić information content (AvgIpc) is 3.08. The lowest BCUT2D eigenvalue weighted by Gasteiger charge is -2.23. The van der Waals surface area contributed by atoms with Gasteiger partial charge in [0.2, 0.25) is 5.91 Å². The van der Waals surface area contributed by atoms with E-state index in [2.05, 4.69) is 61.0 Å². The summed E-state index contributed by atoms with van der Waals surface area (Å²) in [6, 6.07) is 8.38. The van der Waals surface area contributed by atoms with Crippen LogP contribution in [0.2, 0.25) is 0 Å². The summed E-state index contributed by atoms with van der Waals surface area (Å²) in [4.78, 5) is 23.9. The Bertz CT molecular complexity index is 563. The maximum Gasteiger partial charge on any atom is 0.321 e. The topological polar surface area (TPSA) is 70.2 Å². The molecule has 1 aliphatic carbocycles. The summed E-state index contributed by atoms with van der Waals surface area (Å²) < 4.78 is 0. The second kappa shape index (κ2) is 9.56. The number of carbonyl (C=O) groups excluding carboxylic acids is 2. The molecule has 0 aliphatic heterocycles. The third kappa shape index (κ3) is 6.16. The Morgan fingerprint density at radius 3 is 2.32 bits per heavy atom. The molecule has 1 fully saturated rings. The van der Waals surface area contributed by atoms with Crippen LogP contribution < -0.4 is 16.0 Å². The van der Waals surface area contributed by atoms with Gasteiger partial charge in [0.1, 0.15) is 0 Å². The molecule has 0 radical (unpaired) electrons. The third-order valence-electron chi connectivity index (χ3n) is 4.84. The number of hydrogen-bond acceptors (Lipinski definition) is 3. The highest BCUT2D eigenvalue weighted by molar-refractivity contribution is 5.95. The van der Waals surface area contributed by atoms with Gasteiger partial charge in [-0.25, -0.2) is 4.79 Å². The van der Waals surface area contributed by atoms with E-state index in [4.69, 9.17) is 0 Å². The summed E-state index contributed by atoms with van der Waals surface area (Å²) in [5.74, 6) is 0.0407. The molecule has 3 amide bonds. The standard InChI is InChI=1S/C20H31N3O2/c1-4-15-9-11-16(12-10-15)19(14(2)3)21-13-18(24)23-20(25)22-17-7-5-6-8-17/h9-12,14,17,19,21H,4-8,13H2,1-3H3,(H2,22,23,24,25)/t19-/m0/s1. The zero-order chi connectivity index (χ0) is 18.2. The molecular weight excluding hydrogens is 314 g/mol. The molecule has 0 heterocycles. The monoisotopic (exact) mass is 345 g/mol. The van der Waals surface area contributed by atoms with Crippen molar-refractivity contribution < 1.29 is 9.59 Å². The van der Waals surface area contributed by atoms with Crippen molar-refractivity contribution in [1.29, 1.82) is 0 Å². The predicted octanol–water partition coefficient (Wildman–Crippen LogP) is 3.30. The molecule has 0 bridgehead atoms. The summed E-state index contributed by atoms with van der Waals surface area (Å²) in [6.07, 6.45) is 5.31. The number of carbonyl (C=O) groups is 2. The van der Waals surface area contributed by atoms with Crippen LogP contribution in [0.15, 0.2) is 24.3 Å². The number of amides is 3. The van der Waals surface area contributed by atoms with E-state index in [1.165, 1.54) is 5.56 Å². The Labute approximate surface area is 151 Å². The first kappa shape index (κ1) is 19.4. The maximum atomic E-state index is 12.1. The van der Waals surface area contributed by atoms with Crippen LogP contribution in [0, 0.1) is 5.92 Å². The van der Waals surface area contributed by atoms with E-state index in [0.717, 1.165) is 37.7 Å². The van der Waals surface area contributed by atoms with E-state index < -0.39 is 0 Å². The van der Waals surface area contributed by atoms with Gasteiger partial charge in [-0.3, -0.25) is 10.1 Å². The van der Waals surface area contributed by atoms with Crippen LogP contribution in [0.25, 0.3) is 0 Å². The number of aryl methyl sites for hydroxylation is 1. The predicted molar refractivity (Wildman–Crippen MR) is 100 cm³/mol. The molecule has 0 unspecified atom stereocenters. The van der Waals surface area contributed by atoms with Gasteiger partial charge in [0, 0.05) is 12.1 Å². The van der Waals surface area contributed by atoms with Gasteiger partial charge in [-0.2, -0.15) is 0 Å². The minimum atomic E-state index is -0.382. The zero-order valence-corrected chi connectivity index (χ0v) is 15.6. The van der Waals surface area contributed by atoms with Crippen molar-refractivity contribution in [3.05, 3.63) is 35.4 Å². The fraction of sp³-hybridized carbons (Fsp3) is 0.600. The highest BCUT2D eigenvalue weighted by Gasteiger charge is 2.20. The number of nitrogens with one attached hydrogen (secondary N) is 3. The molecular formula is C20H31N3O2. The molecule has 0 spiro atoms. The van der Waals surface area contributed by atoms with Crippen molar-refractivity contribution in [2.24, 2.45) is 5.92 Å². The Morgan fingerprint density at radius 2 is 1.76 bits per heavy atom. The fourth-order valence-electron chi connectivity index (χ4n) is 3.36. The van der Waals surface area contributed by atoms with Crippen LogP contribution in [0.5, 0.6) is 0 Å². The molecule has 3 N–H and O–H groups in total. The number of rotatable bonds is 7. The zero-order valence-electron chi connectivity index (χ0n) is 15.6. The lowest BCUT2D eigenvalue weighted by molar-refractivity contribution is -0.119. The Morgan fingerprint density at radius 1 is 1.12 bits per heavy atom. The highest BCUT2D eigenvalue weighted by atomic mass is 16.2. The fourth-order valence-corrected chi connectivity index (χ4v) is 3.36. The minimum absolute atomic E-state index is 0.0783. The van der Waals surface area contributed by atoms with Gasteiger partial charge in [0.25, 0.3) is 0 Å². The molecule has 1 aromatic rings. The van der Waals surface area contributed by atoms with Gasteiger partial charge in [-0.05, 0) is 36.3 Å². The average molecular weight is 345 g/mol. The van der Waals surface area contributed by atoms with Crippen molar-refractivity contribution in [3.63, 3.8) is 0 Å². The lowest BCUT2D eigenvalue weighted by atomic mass is 9.95. The van der Waals surface area contributed by atoms with Crippen molar-refractivity contribution >= 4 is 11.9 Å². The first-order chi connectivity index (χ1) is 12.0. The molecule has 5 heteroatoms. The number of urea groups is 1. The normalized spacial score (nSPS) is 16.0. The summed E-state index contributed by atoms with van der Waals surface area (Å²) in [5.41, 5.74) is 2.46. The van der Waals surface area contributed by atoms with Crippen molar-refractivity contribution in [2.75, 3.05) is 6.54 Å². The smallest absolute Gasteiger partial charge is 0.321 e. The van der Waals surface area contributed by atoms with Crippen LogP contribution in [0.1, 0.15) is 63.6 Å². The summed E-state index contributed by atoms with van der Waals surface area (Å²) in [5, 5.41) is 8.56. The summed E-state index contributed by atoms with van der Waals surface area (Å²) in [6.45, 7) is 6.50. The van der Waals surface area contributed by atoms with E-state index in [0.29, 0.717) is 5.92 Å². The first-order valence-corrected chi connectivity index (χ1v) is 9.42. The molecule has 138 valence electrons. The van der Waals surface area contributed by atoms with E-state index in [1.807, 2.05) is 0 Å². The molecule has 5 nitrogen and oxygen atoms in total. The molecule has 2 rings (SSSR count). The maximum absolute atomic E-state index is 12.1. The van der Waals surface area contributed by atoms with E-state index in [-0.39, 0.29) is 30.6 Å². The minimum Gasteiger partial charge on any atom is -0.335 e. The number of hydrogen-bond donors (Lipinski definition) is 3. The van der Waals surface area contributed by atoms with Crippen molar-refractivity contribution in [1.82, 2.24) is 16.0 Å². The van der Waals surface area contributed by atoms with E-state index in [1.54, 1.807) is 0 Å². The molecule has 0 aromatic heterocycles. The SMILES string of the molecule is CCc1ccc([C@@H](NCC(=O)NC(=O)NC2CCCC2)C(C)C)cc1. The molecule has 25 heavy (non-hydrogen) atoms. The van der Waals surface area contributed by atoms with Crippen molar-refractivity contribution in [3.8, 4) is 0 Å². The molecule has 1 aliphatic rings. The van der Waals surface area contributed by atoms with Crippen molar-refractivity contribution in [2.45, 2.75) is 65.0 Å².